The maximum Gasteiger partial charge on any atom is 0.0836 e. The first-order valence-electron chi connectivity index (χ1n) is 7.39. The van der Waals surface area contributed by atoms with Crippen LogP contribution in [0, 0.1) is 0 Å². The van der Waals surface area contributed by atoms with Crippen LogP contribution in [0.25, 0.3) is 0 Å². The summed E-state index contributed by atoms with van der Waals surface area (Å²) in [6.45, 7) is 6.24. The summed E-state index contributed by atoms with van der Waals surface area (Å²) >= 11 is 0. The van der Waals surface area contributed by atoms with Crippen molar-refractivity contribution in [3.63, 3.8) is 0 Å². The molecule has 0 aromatic carbocycles. The Kier molecular flexibility index (Phi) is 35.5. The average molecular weight is 531 g/mol. The van der Waals surface area contributed by atoms with Crippen LogP contribution in [0.5, 0.6) is 0 Å². The predicted molar refractivity (Wildman–Crippen MR) is 91.6 cm³/mol. The fourth-order valence-electron chi connectivity index (χ4n) is 2.23. The largest absolute Gasteiger partial charge is 1.00 e. The quantitative estimate of drug-likeness (QED) is 0.236. The van der Waals surface area contributed by atoms with Crippen LogP contribution >= 0.6 is 0 Å². The average Bonchev–Trinajstić information content (AvgIpc) is 2.14. The molecule has 0 aromatic rings. The van der Waals surface area contributed by atoms with Gasteiger partial charge in [-0.2, -0.15) is 0 Å². The fraction of sp³-hybridized carbons (Fsp3) is 1.00. The van der Waals surface area contributed by atoms with Gasteiger partial charge in [0, 0.05) is 27.5 Å². The van der Waals surface area contributed by atoms with E-state index in [0.717, 1.165) is 4.48 Å². The number of unbranched alkanes of at least 4 members (excludes halogenated alkanes) is 4. The van der Waals surface area contributed by atoms with E-state index < -0.39 is 0 Å². The Morgan fingerprint density at radius 1 is 0.591 bits per heavy atom. The summed E-state index contributed by atoms with van der Waals surface area (Å²) in [5.74, 6) is 0. The van der Waals surface area contributed by atoms with Crippen molar-refractivity contribution < 1.29 is 54.8 Å². The van der Waals surface area contributed by atoms with E-state index >= 15 is 0 Å². The van der Waals surface area contributed by atoms with Crippen LogP contribution in [0.3, 0.4) is 0 Å². The SMILES string of the molecule is C.C.CCCCCCC[N+](C)(C)CCC[N+](C)(C)C.[Cl-].[Cl-].[W]. The second-order valence-electron chi connectivity index (χ2n) is 7.16. The summed E-state index contributed by atoms with van der Waals surface area (Å²) in [5, 5.41) is 0. The van der Waals surface area contributed by atoms with Crippen molar-refractivity contribution in [1.29, 1.82) is 0 Å². The molecule has 0 rings (SSSR count). The molecular weight excluding hydrogens is 487 g/mol. The Morgan fingerprint density at radius 3 is 1.41 bits per heavy atom. The normalized spacial score (nSPS) is 10.1. The third-order valence-electron chi connectivity index (χ3n) is 3.46. The van der Waals surface area contributed by atoms with Crippen molar-refractivity contribution in [2.75, 3.05) is 54.9 Å². The number of quaternary nitrogens is 2. The van der Waals surface area contributed by atoms with Gasteiger partial charge >= 0.3 is 0 Å². The minimum absolute atomic E-state index is 0. The Bertz CT molecular complexity index is 196. The third-order valence-corrected chi connectivity index (χ3v) is 3.46. The zero-order valence-corrected chi connectivity index (χ0v) is 18.9. The number of halogens is 2. The van der Waals surface area contributed by atoms with Gasteiger partial charge in [0.1, 0.15) is 0 Å². The first-order valence-corrected chi connectivity index (χ1v) is 7.39. The molecule has 0 saturated carbocycles. The molecule has 0 bridgehead atoms. The van der Waals surface area contributed by atoms with Crippen molar-refractivity contribution in [3.8, 4) is 0 Å². The van der Waals surface area contributed by atoms with Gasteiger partial charge in [-0.15, -0.1) is 0 Å². The maximum absolute atomic E-state index is 2.38. The first kappa shape index (κ1) is 38.6. The molecule has 0 radical (unpaired) electrons. The molecule has 22 heavy (non-hydrogen) atoms. The van der Waals surface area contributed by atoms with Gasteiger partial charge in [-0.3, -0.25) is 0 Å². The Balaban J connectivity index is -0.000000128. The number of nitrogens with zero attached hydrogens (tertiary/aromatic N) is 2. The number of hydrogen-bond acceptors (Lipinski definition) is 0. The zero-order valence-electron chi connectivity index (χ0n) is 14.4. The van der Waals surface area contributed by atoms with E-state index in [9.17, 15) is 0 Å². The Morgan fingerprint density at radius 2 is 1.00 bits per heavy atom. The second kappa shape index (κ2) is 20.2. The van der Waals surface area contributed by atoms with Crippen LogP contribution < -0.4 is 24.8 Å². The van der Waals surface area contributed by atoms with Gasteiger partial charge in [-0.25, -0.2) is 0 Å². The van der Waals surface area contributed by atoms with Crippen molar-refractivity contribution in [2.24, 2.45) is 0 Å². The molecule has 0 aromatic heterocycles. The molecule has 0 unspecified atom stereocenters. The summed E-state index contributed by atoms with van der Waals surface area (Å²) in [6, 6.07) is 0. The second-order valence-corrected chi connectivity index (χ2v) is 7.16. The van der Waals surface area contributed by atoms with Crippen LogP contribution in [0.1, 0.15) is 60.3 Å². The summed E-state index contributed by atoms with van der Waals surface area (Å²) in [4.78, 5) is 0. The van der Waals surface area contributed by atoms with E-state index in [1.807, 2.05) is 0 Å². The molecule has 0 saturated heterocycles. The third kappa shape index (κ3) is 29.2. The van der Waals surface area contributed by atoms with Crippen LogP contribution in [0.15, 0.2) is 0 Å². The van der Waals surface area contributed by atoms with Crippen molar-refractivity contribution in [3.05, 3.63) is 0 Å². The minimum atomic E-state index is 0. The topological polar surface area (TPSA) is 0 Å². The Labute approximate surface area is 169 Å². The monoisotopic (exact) mass is 530 g/mol. The molecule has 0 spiro atoms. The van der Waals surface area contributed by atoms with E-state index in [-0.39, 0.29) is 60.7 Å². The van der Waals surface area contributed by atoms with Crippen LogP contribution in [0.4, 0.5) is 0 Å². The van der Waals surface area contributed by atoms with Crippen LogP contribution in [0.2, 0.25) is 0 Å². The first-order chi connectivity index (χ1) is 7.77. The summed E-state index contributed by atoms with van der Waals surface area (Å²) in [5.41, 5.74) is 0. The zero-order chi connectivity index (χ0) is 13.4. The molecule has 0 aliphatic heterocycles. The molecule has 5 heteroatoms. The smallest absolute Gasteiger partial charge is 0.0836 e. The van der Waals surface area contributed by atoms with Crippen LogP contribution in [-0.2, 0) is 21.1 Å². The molecule has 0 amide bonds. The predicted octanol–water partition coefficient (Wildman–Crippen LogP) is -1.59. The van der Waals surface area contributed by atoms with Gasteiger partial charge < -0.3 is 33.8 Å². The van der Waals surface area contributed by atoms with E-state index in [1.54, 1.807) is 0 Å². The molecule has 0 aliphatic carbocycles. The van der Waals surface area contributed by atoms with Crippen molar-refractivity contribution in [1.82, 2.24) is 0 Å². The molecule has 0 fully saturated rings. The molecule has 0 atom stereocenters. The van der Waals surface area contributed by atoms with Crippen molar-refractivity contribution in [2.45, 2.75) is 60.3 Å². The van der Waals surface area contributed by atoms with Gasteiger partial charge in [0.25, 0.3) is 0 Å². The minimum Gasteiger partial charge on any atom is -1.00 e. The molecule has 0 aliphatic rings. The molecule has 0 N–H and O–H groups in total. The van der Waals surface area contributed by atoms with E-state index in [2.05, 4.69) is 42.2 Å². The molecular formula is C17H44Cl2N2W. The molecule has 0 heterocycles. The summed E-state index contributed by atoms with van der Waals surface area (Å²) in [7, 11) is 11.6. The van der Waals surface area contributed by atoms with Gasteiger partial charge in [0.2, 0.25) is 0 Å². The summed E-state index contributed by atoms with van der Waals surface area (Å²) < 4.78 is 2.29. The van der Waals surface area contributed by atoms with Crippen molar-refractivity contribution >= 4 is 0 Å². The van der Waals surface area contributed by atoms with Gasteiger partial charge in [0.15, 0.2) is 0 Å². The number of hydrogen-bond donors (Lipinski definition) is 0. The Hall–Kier alpha value is 1.19. The maximum atomic E-state index is 2.38. The van der Waals surface area contributed by atoms with Crippen LogP contribution in [-0.4, -0.2) is 63.8 Å². The van der Waals surface area contributed by atoms with Gasteiger partial charge in [0.05, 0.1) is 54.9 Å². The van der Waals surface area contributed by atoms with E-state index in [0.29, 0.717) is 0 Å². The number of rotatable bonds is 10. The van der Waals surface area contributed by atoms with E-state index in [1.165, 1.54) is 62.6 Å². The van der Waals surface area contributed by atoms with E-state index in [4.69, 9.17) is 0 Å². The molecule has 142 valence electrons. The van der Waals surface area contributed by atoms with Gasteiger partial charge in [-0.1, -0.05) is 41.0 Å². The molecule has 2 nitrogen and oxygen atoms in total. The standard InChI is InChI=1S/C15H36N2.2CH4.2ClH.W/c1-7-8-9-10-11-14-17(5,6)15-12-13-16(2,3)4;;;;;/h7-15H2,1-6H3;2*1H4;2*1H;/q+2;;;;;/p-2. The summed E-state index contributed by atoms with van der Waals surface area (Å²) in [6.07, 6.45) is 8.35. The fourth-order valence-corrected chi connectivity index (χ4v) is 2.23. The van der Waals surface area contributed by atoms with Gasteiger partial charge in [-0.05, 0) is 12.8 Å².